The van der Waals surface area contributed by atoms with Gasteiger partial charge in [0.15, 0.2) is 17.4 Å². The summed E-state index contributed by atoms with van der Waals surface area (Å²) in [6, 6.07) is 6.43. The largest absolute Gasteiger partial charge is 0.458 e. The number of anilines is 2. The minimum absolute atomic E-state index is 0.120. The minimum atomic E-state index is -1.71. The lowest BCUT2D eigenvalue weighted by Gasteiger charge is -2.31. The fourth-order valence-corrected chi connectivity index (χ4v) is 11.6. The van der Waals surface area contributed by atoms with Crippen LogP contribution in [0.2, 0.25) is 32.2 Å². The van der Waals surface area contributed by atoms with Crippen LogP contribution in [0, 0.1) is 18.8 Å². The molecule has 0 aromatic heterocycles. The lowest BCUT2D eigenvalue weighted by Crippen LogP contribution is -2.42. The van der Waals surface area contributed by atoms with Crippen molar-refractivity contribution in [2.75, 3.05) is 36.8 Å². The highest BCUT2D eigenvalue weighted by Gasteiger charge is 2.28. The quantitative estimate of drug-likeness (QED) is 0.330. The summed E-state index contributed by atoms with van der Waals surface area (Å²) in [4.78, 5) is 29.4. The summed E-state index contributed by atoms with van der Waals surface area (Å²) in [7, 11) is -2.78. The van der Waals surface area contributed by atoms with E-state index in [4.69, 9.17) is 4.12 Å². The number of carbonyl (C=O) groups excluding carboxylic acids is 2. The maximum absolute atomic E-state index is 13.0. The molecule has 7 nitrogen and oxygen atoms in total. The first-order valence-corrected chi connectivity index (χ1v) is 18.6. The van der Waals surface area contributed by atoms with Crippen molar-refractivity contribution >= 4 is 40.8 Å². The summed E-state index contributed by atoms with van der Waals surface area (Å²) >= 11 is 0. The Morgan fingerprint density at radius 3 is 2.09 bits per heavy atom. The Labute approximate surface area is 210 Å². The van der Waals surface area contributed by atoms with E-state index in [1.165, 1.54) is 0 Å². The fraction of sp³-hybridized carbons (Fsp3) is 0.680. The molecule has 1 aromatic rings. The molecule has 0 aliphatic carbocycles. The number of carbonyl (C=O) groups is 2. The normalized spacial score (nSPS) is 12.6. The van der Waals surface area contributed by atoms with Crippen LogP contribution in [0.4, 0.5) is 21.0 Å². The molecular formula is C25H48N4O3Si2. The van der Waals surface area contributed by atoms with Gasteiger partial charge < -0.3 is 24.5 Å². The average molecular weight is 509 g/mol. The monoisotopic (exact) mass is 508 g/mol. The molecule has 0 saturated heterocycles. The third-order valence-corrected chi connectivity index (χ3v) is 11.7. The molecule has 34 heavy (non-hydrogen) atoms. The Hall–Kier alpha value is -1.85. The van der Waals surface area contributed by atoms with Crippen LogP contribution in [0.25, 0.3) is 0 Å². The van der Waals surface area contributed by atoms with E-state index in [-0.39, 0.29) is 12.1 Å². The summed E-state index contributed by atoms with van der Waals surface area (Å²) in [6.45, 7) is 24.0. The third-order valence-electron chi connectivity index (χ3n) is 5.58. The van der Waals surface area contributed by atoms with Crippen LogP contribution in [0.3, 0.4) is 0 Å². The van der Waals surface area contributed by atoms with E-state index in [0.29, 0.717) is 49.4 Å². The van der Waals surface area contributed by atoms with E-state index in [2.05, 4.69) is 57.6 Å². The summed E-state index contributed by atoms with van der Waals surface area (Å²) < 4.78 is 6.30. The van der Waals surface area contributed by atoms with Crippen LogP contribution in [-0.4, -0.2) is 65.4 Å². The molecular weight excluding hydrogens is 460 g/mol. The van der Waals surface area contributed by atoms with E-state index >= 15 is 0 Å². The zero-order valence-corrected chi connectivity index (χ0v) is 25.3. The smallest absolute Gasteiger partial charge is 0.321 e. The Kier molecular flexibility index (Phi) is 12.3. The number of nitrogens with zero attached hydrogens (tertiary/aromatic N) is 2. The molecule has 1 rings (SSSR count). The van der Waals surface area contributed by atoms with Gasteiger partial charge in [0.1, 0.15) is 0 Å². The molecule has 0 fully saturated rings. The topological polar surface area (TPSA) is 73.9 Å². The maximum atomic E-state index is 13.0. The van der Waals surface area contributed by atoms with Gasteiger partial charge in [0.05, 0.1) is 0 Å². The SMILES string of the molecule is CCN(CC(C)C[Si](C)(C)O[SiH](C)C)C(=O)Nc1ccc(C)c(NC(=O)N(CC)CC(C)C)c1. The van der Waals surface area contributed by atoms with E-state index < -0.39 is 17.4 Å². The first kappa shape index (κ1) is 30.2. The number of benzene rings is 1. The van der Waals surface area contributed by atoms with Crippen LogP contribution < -0.4 is 10.6 Å². The number of hydrogen-bond donors (Lipinski definition) is 2. The summed E-state index contributed by atoms with van der Waals surface area (Å²) in [5.41, 5.74) is 2.34. The summed E-state index contributed by atoms with van der Waals surface area (Å²) in [6.07, 6.45) is 0. The van der Waals surface area contributed by atoms with Gasteiger partial charge in [0.2, 0.25) is 0 Å². The van der Waals surface area contributed by atoms with Gasteiger partial charge in [-0.1, -0.05) is 26.8 Å². The van der Waals surface area contributed by atoms with E-state index in [1.54, 1.807) is 4.90 Å². The molecule has 0 aliphatic heterocycles. The van der Waals surface area contributed by atoms with Gasteiger partial charge in [0.25, 0.3) is 0 Å². The molecule has 0 saturated carbocycles. The molecule has 9 heteroatoms. The van der Waals surface area contributed by atoms with Crippen LogP contribution >= 0.6 is 0 Å². The lowest BCUT2D eigenvalue weighted by molar-refractivity contribution is 0.207. The van der Waals surface area contributed by atoms with Gasteiger partial charge in [-0.2, -0.15) is 0 Å². The van der Waals surface area contributed by atoms with Crippen molar-refractivity contribution in [2.45, 2.75) is 73.8 Å². The second-order valence-corrected chi connectivity index (χ2v) is 17.6. The van der Waals surface area contributed by atoms with Crippen LogP contribution in [0.5, 0.6) is 0 Å². The molecule has 194 valence electrons. The molecule has 0 radical (unpaired) electrons. The first-order valence-electron chi connectivity index (χ1n) is 12.7. The second kappa shape index (κ2) is 13.9. The second-order valence-electron chi connectivity index (χ2n) is 10.6. The molecule has 0 spiro atoms. The van der Waals surface area contributed by atoms with Crippen molar-refractivity contribution in [3.63, 3.8) is 0 Å². The zero-order valence-electron chi connectivity index (χ0n) is 23.1. The van der Waals surface area contributed by atoms with Crippen molar-refractivity contribution < 1.29 is 13.7 Å². The Morgan fingerprint density at radius 1 is 1.00 bits per heavy atom. The molecule has 1 atom stereocenters. The maximum Gasteiger partial charge on any atom is 0.321 e. The number of aryl methyl sites for hydroxylation is 1. The predicted octanol–water partition coefficient (Wildman–Crippen LogP) is 6.20. The minimum Gasteiger partial charge on any atom is -0.458 e. The first-order chi connectivity index (χ1) is 15.8. The molecule has 2 N–H and O–H groups in total. The van der Waals surface area contributed by atoms with Crippen molar-refractivity contribution in [3.8, 4) is 0 Å². The number of nitrogens with one attached hydrogen (secondary N) is 2. The number of hydrogen-bond acceptors (Lipinski definition) is 3. The standard InChI is InChI=1S/C25H48N4O3Si2/c1-11-28(16-19(3)4)25(31)27-23-15-22(14-13-21(23)6)26-24(30)29(12-2)17-20(5)18-34(9,10)32-33(7)8/h13-15,19-20,33H,11-12,16-18H2,1-10H3,(H,26,30)(H,27,31). The zero-order chi connectivity index (χ0) is 26.1. The van der Waals surface area contributed by atoms with Gasteiger partial charge in [-0.25, -0.2) is 9.59 Å². The van der Waals surface area contributed by atoms with Crippen LogP contribution in [0.1, 0.15) is 40.2 Å². The average Bonchev–Trinajstić information content (AvgIpc) is 2.70. The lowest BCUT2D eigenvalue weighted by atomic mass is 10.1. The van der Waals surface area contributed by atoms with E-state index in [9.17, 15) is 9.59 Å². The van der Waals surface area contributed by atoms with Crippen molar-refractivity contribution in [2.24, 2.45) is 11.8 Å². The highest BCUT2D eigenvalue weighted by atomic mass is 28.4. The molecule has 0 bridgehead atoms. The molecule has 1 aromatic carbocycles. The molecule has 0 heterocycles. The van der Waals surface area contributed by atoms with Gasteiger partial charge in [-0.15, -0.1) is 0 Å². The third kappa shape index (κ3) is 10.6. The Bertz CT molecular complexity index is 802. The summed E-state index contributed by atoms with van der Waals surface area (Å²) in [5, 5.41) is 6.03. The molecule has 1 unspecified atom stereocenters. The number of amides is 4. The molecule has 0 aliphatic rings. The number of rotatable bonds is 12. The highest BCUT2D eigenvalue weighted by Crippen LogP contribution is 2.23. The van der Waals surface area contributed by atoms with Gasteiger partial charge >= 0.3 is 12.1 Å². The fourth-order valence-electron chi connectivity index (χ4n) is 4.35. The number of urea groups is 2. The van der Waals surface area contributed by atoms with Gasteiger partial charge in [-0.3, -0.25) is 0 Å². The van der Waals surface area contributed by atoms with E-state index in [0.717, 1.165) is 11.6 Å². The van der Waals surface area contributed by atoms with Crippen molar-refractivity contribution in [3.05, 3.63) is 23.8 Å². The van der Waals surface area contributed by atoms with Crippen molar-refractivity contribution in [1.29, 1.82) is 0 Å². The van der Waals surface area contributed by atoms with Crippen molar-refractivity contribution in [1.82, 2.24) is 9.80 Å². The van der Waals surface area contributed by atoms with E-state index in [1.807, 2.05) is 43.9 Å². The van der Waals surface area contributed by atoms with Crippen LogP contribution in [-0.2, 0) is 4.12 Å². The molecule has 4 amide bonds. The summed E-state index contributed by atoms with van der Waals surface area (Å²) in [5.74, 6) is 0.765. The predicted molar refractivity (Wildman–Crippen MR) is 150 cm³/mol. The van der Waals surface area contributed by atoms with Gasteiger partial charge in [0, 0.05) is 37.6 Å². The highest BCUT2D eigenvalue weighted by molar-refractivity contribution is 6.77. The van der Waals surface area contributed by atoms with Crippen LogP contribution in [0.15, 0.2) is 18.2 Å². The Balaban J connectivity index is 2.83. The Morgan fingerprint density at radius 2 is 1.56 bits per heavy atom. The van der Waals surface area contributed by atoms with Gasteiger partial charge in [-0.05, 0) is 82.5 Å².